The summed E-state index contributed by atoms with van der Waals surface area (Å²) in [5, 5.41) is 11.3. The van der Waals surface area contributed by atoms with E-state index < -0.39 is 35.6 Å². The molecule has 3 aromatic rings. The highest BCUT2D eigenvalue weighted by Crippen LogP contribution is 2.21. The molecule has 0 saturated carbocycles. The topological polar surface area (TPSA) is 116 Å². The molecule has 39 heavy (non-hydrogen) atoms. The minimum Gasteiger partial charge on any atom is -0.355 e. The van der Waals surface area contributed by atoms with E-state index in [0.29, 0.717) is 11.3 Å². The van der Waals surface area contributed by atoms with Gasteiger partial charge in [-0.1, -0.05) is 72.2 Å². The number of ketones is 1. The van der Waals surface area contributed by atoms with Crippen LogP contribution in [0.15, 0.2) is 83.3 Å². The van der Waals surface area contributed by atoms with Gasteiger partial charge in [-0.2, -0.15) is 0 Å². The quantitative estimate of drug-likeness (QED) is 0.233. The molecule has 3 aromatic carbocycles. The fraction of sp³-hybridized carbons (Fsp3) is 0.267. The van der Waals surface area contributed by atoms with Crippen LogP contribution in [0.1, 0.15) is 36.7 Å². The second-order valence-corrected chi connectivity index (χ2v) is 10.3. The molecule has 0 fully saturated rings. The molecular formula is C30H33BrN4O4. The number of carbonyl (C=O) groups excluding carboxylic acids is 4. The average Bonchev–Trinajstić information content (AvgIpc) is 2.92. The van der Waals surface area contributed by atoms with Gasteiger partial charge in [0.05, 0.1) is 11.3 Å². The molecule has 0 unspecified atom stereocenters. The SMILES string of the molecule is CCNC(=O)C(=O)[C@H](Cc1ccc(Br)cc1)NC(=O)[C@@H](NC(=O)c1ccccc1Nc1ccccc1)C(C)C. The number of anilines is 2. The van der Waals surface area contributed by atoms with Gasteiger partial charge in [0.2, 0.25) is 11.7 Å². The van der Waals surface area contributed by atoms with Crippen molar-refractivity contribution in [2.75, 3.05) is 11.9 Å². The zero-order chi connectivity index (χ0) is 28.4. The Balaban J connectivity index is 1.80. The predicted octanol–water partition coefficient (Wildman–Crippen LogP) is 4.38. The Morgan fingerprint density at radius 2 is 1.46 bits per heavy atom. The number of benzene rings is 3. The molecule has 3 rings (SSSR count). The third-order valence-electron chi connectivity index (χ3n) is 6.01. The van der Waals surface area contributed by atoms with E-state index >= 15 is 0 Å². The summed E-state index contributed by atoms with van der Waals surface area (Å²) in [5.74, 6) is -2.81. The van der Waals surface area contributed by atoms with Crippen molar-refractivity contribution in [2.45, 2.75) is 39.3 Å². The van der Waals surface area contributed by atoms with Crippen molar-refractivity contribution in [3.05, 3.63) is 94.5 Å². The van der Waals surface area contributed by atoms with Crippen molar-refractivity contribution in [1.82, 2.24) is 16.0 Å². The number of carbonyl (C=O) groups is 4. The first-order valence-corrected chi connectivity index (χ1v) is 13.6. The van der Waals surface area contributed by atoms with Gasteiger partial charge < -0.3 is 21.3 Å². The van der Waals surface area contributed by atoms with E-state index in [2.05, 4.69) is 37.2 Å². The van der Waals surface area contributed by atoms with Gasteiger partial charge in [0.15, 0.2) is 0 Å². The average molecular weight is 594 g/mol. The van der Waals surface area contributed by atoms with Gasteiger partial charge in [-0.3, -0.25) is 19.2 Å². The molecule has 0 bridgehead atoms. The van der Waals surface area contributed by atoms with Crippen LogP contribution < -0.4 is 21.3 Å². The molecule has 0 aromatic heterocycles. The van der Waals surface area contributed by atoms with Crippen molar-refractivity contribution >= 4 is 50.8 Å². The van der Waals surface area contributed by atoms with E-state index in [4.69, 9.17) is 0 Å². The van der Waals surface area contributed by atoms with Gasteiger partial charge in [-0.05, 0) is 54.8 Å². The van der Waals surface area contributed by atoms with Crippen LogP contribution in [0.25, 0.3) is 0 Å². The van der Waals surface area contributed by atoms with E-state index in [9.17, 15) is 19.2 Å². The van der Waals surface area contributed by atoms with Crippen molar-refractivity contribution < 1.29 is 19.2 Å². The third-order valence-corrected chi connectivity index (χ3v) is 6.54. The maximum atomic E-state index is 13.4. The van der Waals surface area contributed by atoms with E-state index in [-0.39, 0.29) is 18.9 Å². The highest BCUT2D eigenvalue weighted by atomic mass is 79.9. The van der Waals surface area contributed by atoms with E-state index in [1.807, 2.05) is 60.7 Å². The summed E-state index contributed by atoms with van der Waals surface area (Å²) in [4.78, 5) is 52.1. The molecule has 3 amide bonds. The van der Waals surface area contributed by atoms with Gasteiger partial charge in [0.1, 0.15) is 12.1 Å². The zero-order valence-corrected chi connectivity index (χ0v) is 23.7. The Kier molecular flexibility index (Phi) is 10.8. The lowest BCUT2D eigenvalue weighted by Gasteiger charge is -2.25. The Morgan fingerprint density at radius 3 is 2.10 bits per heavy atom. The number of Topliss-reactive ketones (excluding diaryl/α,β-unsaturated/α-hetero) is 1. The zero-order valence-electron chi connectivity index (χ0n) is 22.2. The molecule has 0 aliphatic heterocycles. The summed E-state index contributed by atoms with van der Waals surface area (Å²) in [6, 6.07) is 21.7. The number of amides is 3. The van der Waals surface area contributed by atoms with Gasteiger partial charge in [0.25, 0.3) is 11.8 Å². The van der Waals surface area contributed by atoms with Crippen LogP contribution >= 0.6 is 15.9 Å². The lowest BCUT2D eigenvalue weighted by molar-refractivity contribution is -0.140. The smallest absolute Gasteiger partial charge is 0.289 e. The lowest BCUT2D eigenvalue weighted by Crippen LogP contribution is -2.56. The lowest BCUT2D eigenvalue weighted by atomic mass is 9.98. The van der Waals surface area contributed by atoms with Crippen molar-refractivity contribution in [1.29, 1.82) is 0 Å². The molecule has 0 aliphatic rings. The summed E-state index contributed by atoms with van der Waals surface area (Å²) in [6.07, 6.45) is 0.123. The van der Waals surface area contributed by atoms with Crippen LogP contribution in [0.4, 0.5) is 11.4 Å². The summed E-state index contributed by atoms with van der Waals surface area (Å²) in [5.41, 5.74) is 2.54. The maximum Gasteiger partial charge on any atom is 0.289 e. The van der Waals surface area contributed by atoms with E-state index in [1.165, 1.54) is 0 Å². The Hall–Kier alpha value is -3.98. The number of hydrogen-bond acceptors (Lipinski definition) is 5. The van der Waals surface area contributed by atoms with Gasteiger partial charge in [0, 0.05) is 23.1 Å². The molecule has 204 valence electrons. The Labute approximate surface area is 237 Å². The molecule has 0 radical (unpaired) electrons. The van der Waals surface area contributed by atoms with Crippen LogP contribution in [-0.4, -0.2) is 42.1 Å². The maximum absolute atomic E-state index is 13.4. The minimum atomic E-state index is -1.10. The fourth-order valence-corrected chi connectivity index (χ4v) is 4.22. The molecule has 0 heterocycles. The molecule has 0 saturated heterocycles. The summed E-state index contributed by atoms with van der Waals surface area (Å²) < 4.78 is 0.867. The van der Waals surface area contributed by atoms with E-state index in [1.54, 1.807) is 39.0 Å². The third kappa shape index (κ3) is 8.51. The van der Waals surface area contributed by atoms with Crippen molar-refractivity contribution in [3.63, 3.8) is 0 Å². The van der Waals surface area contributed by atoms with E-state index in [0.717, 1.165) is 15.7 Å². The standard InChI is InChI=1S/C30H33BrN4O4/c1-4-32-30(39)27(36)25(18-20-14-16-21(31)17-15-20)34-29(38)26(19(2)3)35-28(37)23-12-8-9-13-24(23)33-22-10-6-5-7-11-22/h5-17,19,25-26,33H,4,18H2,1-3H3,(H,32,39)(H,34,38)(H,35,37)/t25-,26-/m0/s1. The predicted molar refractivity (Wildman–Crippen MR) is 156 cm³/mol. The second-order valence-electron chi connectivity index (χ2n) is 9.35. The van der Waals surface area contributed by atoms with Gasteiger partial charge >= 0.3 is 0 Å². The number of likely N-dealkylation sites (N-methyl/N-ethyl adjacent to an activating group) is 1. The highest BCUT2D eigenvalue weighted by Gasteiger charge is 2.32. The van der Waals surface area contributed by atoms with Crippen LogP contribution in [-0.2, 0) is 20.8 Å². The number of hydrogen-bond donors (Lipinski definition) is 4. The summed E-state index contributed by atoms with van der Waals surface area (Å²) >= 11 is 3.38. The number of halogens is 1. The van der Waals surface area contributed by atoms with Gasteiger partial charge in [-0.15, -0.1) is 0 Å². The number of rotatable bonds is 12. The van der Waals surface area contributed by atoms with Crippen LogP contribution in [0, 0.1) is 5.92 Å². The first-order chi connectivity index (χ1) is 18.7. The Bertz CT molecular complexity index is 1300. The summed E-state index contributed by atoms with van der Waals surface area (Å²) in [7, 11) is 0. The normalized spacial score (nSPS) is 12.2. The fourth-order valence-electron chi connectivity index (χ4n) is 3.95. The number of nitrogens with one attached hydrogen (secondary N) is 4. The molecule has 0 spiro atoms. The highest BCUT2D eigenvalue weighted by molar-refractivity contribution is 9.10. The largest absolute Gasteiger partial charge is 0.355 e. The molecular weight excluding hydrogens is 560 g/mol. The van der Waals surface area contributed by atoms with Crippen molar-refractivity contribution in [2.24, 2.45) is 5.92 Å². The van der Waals surface area contributed by atoms with Gasteiger partial charge in [-0.25, -0.2) is 0 Å². The molecule has 2 atom stereocenters. The molecule has 9 heteroatoms. The van der Waals surface area contributed by atoms with Crippen LogP contribution in [0.3, 0.4) is 0 Å². The summed E-state index contributed by atoms with van der Waals surface area (Å²) in [6.45, 7) is 5.59. The number of para-hydroxylation sites is 2. The van der Waals surface area contributed by atoms with Crippen LogP contribution in [0.5, 0.6) is 0 Å². The molecule has 4 N–H and O–H groups in total. The minimum absolute atomic E-state index is 0.123. The van der Waals surface area contributed by atoms with Crippen LogP contribution in [0.2, 0.25) is 0 Å². The second kappa shape index (κ2) is 14.2. The molecule has 8 nitrogen and oxygen atoms in total. The molecule has 0 aliphatic carbocycles. The Morgan fingerprint density at radius 1 is 0.821 bits per heavy atom. The van der Waals surface area contributed by atoms with Crippen molar-refractivity contribution in [3.8, 4) is 0 Å². The first kappa shape index (κ1) is 29.6. The first-order valence-electron chi connectivity index (χ1n) is 12.8. The monoisotopic (exact) mass is 592 g/mol.